The Balaban J connectivity index is 1.99. The summed E-state index contributed by atoms with van der Waals surface area (Å²) in [5, 5.41) is 3.39. The molecule has 0 aliphatic heterocycles. The van der Waals surface area contributed by atoms with Crippen molar-refractivity contribution in [3.63, 3.8) is 0 Å². The SMILES string of the molecule is COc1ccc2nc3c(C)cnc(NCCCN(C)C)c3nc2c1. The molecular formula is C18H23N5O. The molecule has 6 heteroatoms. The van der Waals surface area contributed by atoms with Gasteiger partial charge in [0, 0.05) is 18.8 Å². The number of methoxy groups -OCH3 is 1. The number of nitrogens with one attached hydrogen (secondary N) is 1. The van der Waals surface area contributed by atoms with Crippen LogP contribution in [0.3, 0.4) is 0 Å². The van der Waals surface area contributed by atoms with Crippen LogP contribution < -0.4 is 10.1 Å². The monoisotopic (exact) mass is 325 g/mol. The minimum Gasteiger partial charge on any atom is -0.497 e. The molecule has 0 unspecified atom stereocenters. The molecule has 0 radical (unpaired) electrons. The van der Waals surface area contributed by atoms with Crippen molar-refractivity contribution in [2.24, 2.45) is 0 Å². The van der Waals surface area contributed by atoms with Gasteiger partial charge in [-0.05, 0) is 51.7 Å². The summed E-state index contributed by atoms with van der Waals surface area (Å²) in [6.07, 6.45) is 2.89. The largest absolute Gasteiger partial charge is 0.497 e. The van der Waals surface area contributed by atoms with Crippen molar-refractivity contribution in [1.82, 2.24) is 19.9 Å². The first-order chi connectivity index (χ1) is 11.6. The van der Waals surface area contributed by atoms with Gasteiger partial charge in [0.05, 0.1) is 23.7 Å². The van der Waals surface area contributed by atoms with E-state index in [-0.39, 0.29) is 0 Å². The zero-order chi connectivity index (χ0) is 17.1. The lowest BCUT2D eigenvalue weighted by molar-refractivity contribution is 0.405. The van der Waals surface area contributed by atoms with Gasteiger partial charge in [-0.2, -0.15) is 0 Å². The number of anilines is 1. The van der Waals surface area contributed by atoms with E-state index in [4.69, 9.17) is 14.7 Å². The van der Waals surface area contributed by atoms with Gasteiger partial charge in [-0.1, -0.05) is 0 Å². The highest BCUT2D eigenvalue weighted by Gasteiger charge is 2.10. The fourth-order valence-electron chi connectivity index (χ4n) is 2.62. The third-order valence-electron chi connectivity index (χ3n) is 3.93. The zero-order valence-corrected chi connectivity index (χ0v) is 14.6. The van der Waals surface area contributed by atoms with Gasteiger partial charge in [0.2, 0.25) is 0 Å². The summed E-state index contributed by atoms with van der Waals surface area (Å²) in [6.45, 7) is 3.89. The molecular weight excluding hydrogens is 302 g/mol. The van der Waals surface area contributed by atoms with Gasteiger partial charge < -0.3 is 15.0 Å². The van der Waals surface area contributed by atoms with Crippen LogP contribution in [0.15, 0.2) is 24.4 Å². The van der Waals surface area contributed by atoms with Crippen molar-refractivity contribution in [3.05, 3.63) is 30.0 Å². The van der Waals surface area contributed by atoms with E-state index in [2.05, 4.69) is 29.3 Å². The first-order valence-electron chi connectivity index (χ1n) is 8.08. The van der Waals surface area contributed by atoms with Gasteiger partial charge in [-0.3, -0.25) is 0 Å². The average molecular weight is 325 g/mol. The van der Waals surface area contributed by atoms with Crippen LogP contribution in [-0.4, -0.2) is 54.1 Å². The number of fused-ring (bicyclic) bond motifs is 2. The number of hydrogen-bond acceptors (Lipinski definition) is 6. The van der Waals surface area contributed by atoms with E-state index in [1.165, 1.54) is 0 Å². The average Bonchev–Trinajstić information content (AvgIpc) is 2.58. The second-order valence-electron chi connectivity index (χ2n) is 6.15. The Morgan fingerprint density at radius 1 is 1.12 bits per heavy atom. The first kappa shape index (κ1) is 16.4. The molecule has 0 atom stereocenters. The van der Waals surface area contributed by atoms with Crippen molar-refractivity contribution in [3.8, 4) is 5.75 Å². The lowest BCUT2D eigenvalue weighted by Crippen LogP contribution is -2.16. The van der Waals surface area contributed by atoms with Crippen molar-refractivity contribution >= 4 is 27.9 Å². The molecule has 126 valence electrons. The fraction of sp³-hybridized carbons (Fsp3) is 0.389. The highest BCUT2D eigenvalue weighted by molar-refractivity contribution is 5.93. The van der Waals surface area contributed by atoms with E-state index < -0.39 is 0 Å². The minimum atomic E-state index is 0.775. The van der Waals surface area contributed by atoms with E-state index in [0.717, 1.165) is 58.7 Å². The number of aromatic nitrogens is 3. The van der Waals surface area contributed by atoms with Crippen LogP contribution >= 0.6 is 0 Å². The molecule has 0 spiro atoms. The van der Waals surface area contributed by atoms with Crippen LogP contribution in [0.25, 0.3) is 22.1 Å². The minimum absolute atomic E-state index is 0.775. The fourth-order valence-corrected chi connectivity index (χ4v) is 2.62. The Bertz CT molecular complexity index is 863. The summed E-state index contributed by atoms with van der Waals surface area (Å²) in [7, 11) is 5.80. The normalized spacial score (nSPS) is 11.4. The molecule has 0 fully saturated rings. The summed E-state index contributed by atoms with van der Waals surface area (Å²) >= 11 is 0. The van der Waals surface area contributed by atoms with Crippen LogP contribution in [0, 0.1) is 6.92 Å². The van der Waals surface area contributed by atoms with Crippen LogP contribution in [0.4, 0.5) is 5.82 Å². The Labute approximate surface area is 141 Å². The number of nitrogens with zero attached hydrogens (tertiary/aromatic N) is 4. The second kappa shape index (κ2) is 6.97. The number of rotatable bonds is 6. The van der Waals surface area contributed by atoms with Crippen molar-refractivity contribution < 1.29 is 4.74 Å². The van der Waals surface area contributed by atoms with Crippen LogP contribution in [0.5, 0.6) is 5.75 Å². The number of hydrogen-bond donors (Lipinski definition) is 1. The van der Waals surface area contributed by atoms with Crippen molar-refractivity contribution in [2.45, 2.75) is 13.3 Å². The topological polar surface area (TPSA) is 63.2 Å². The maximum Gasteiger partial charge on any atom is 0.154 e. The molecule has 0 aliphatic rings. The molecule has 1 N–H and O–H groups in total. The summed E-state index contributed by atoms with van der Waals surface area (Å²) in [4.78, 5) is 16.2. The van der Waals surface area contributed by atoms with Crippen molar-refractivity contribution in [2.75, 3.05) is 39.6 Å². The van der Waals surface area contributed by atoms with Gasteiger partial charge in [0.25, 0.3) is 0 Å². The molecule has 0 saturated heterocycles. The van der Waals surface area contributed by atoms with Gasteiger partial charge in [0.15, 0.2) is 5.82 Å². The molecule has 1 aromatic carbocycles. The van der Waals surface area contributed by atoms with E-state index in [1.54, 1.807) is 7.11 Å². The summed E-state index contributed by atoms with van der Waals surface area (Å²) in [6, 6.07) is 5.74. The molecule has 0 aliphatic carbocycles. The maximum absolute atomic E-state index is 5.29. The quantitative estimate of drug-likeness (QED) is 0.555. The first-order valence-corrected chi connectivity index (χ1v) is 8.08. The smallest absolute Gasteiger partial charge is 0.154 e. The zero-order valence-electron chi connectivity index (χ0n) is 14.6. The maximum atomic E-state index is 5.29. The van der Waals surface area contributed by atoms with Gasteiger partial charge in [-0.15, -0.1) is 0 Å². The Morgan fingerprint density at radius 3 is 2.67 bits per heavy atom. The van der Waals surface area contributed by atoms with Gasteiger partial charge in [-0.25, -0.2) is 15.0 Å². The molecule has 24 heavy (non-hydrogen) atoms. The molecule has 2 heterocycles. The summed E-state index contributed by atoms with van der Waals surface area (Å²) in [5.74, 6) is 1.56. The van der Waals surface area contributed by atoms with E-state index in [1.807, 2.05) is 31.3 Å². The number of benzene rings is 1. The van der Waals surface area contributed by atoms with Crippen LogP contribution in [0.1, 0.15) is 12.0 Å². The predicted molar refractivity (Wildman–Crippen MR) is 97.8 cm³/mol. The van der Waals surface area contributed by atoms with Gasteiger partial charge >= 0.3 is 0 Å². The lowest BCUT2D eigenvalue weighted by atomic mass is 10.2. The molecule has 0 saturated carbocycles. The third-order valence-corrected chi connectivity index (χ3v) is 3.93. The summed E-state index contributed by atoms with van der Waals surface area (Å²) in [5.41, 5.74) is 4.38. The Kier molecular flexibility index (Phi) is 4.76. The highest BCUT2D eigenvalue weighted by atomic mass is 16.5. The highest BCUT2D eigenvalue weighted by Crippen LogP contribution is 2.25. The standard InChI is InChI=1S/C18H23N5O/c1-12-11-20-18(19-8-5-9-23(2)3)17-16(12)21-14-7-6-13(24-4)10-15(14)22-17/h6-7,10-11H,5,8-9H2,1-4H3,(H,19,20). The van der Waals surface area contributed by atoms with Crippen LogP contribution in [-0.2, 0) is 0 Å². The van der Waals surface area contributed by atoms with Gasteiger partial charge in [0.1, 0.15) is 11.3 Å². The van der Waals surface area contributed by atoms with E-state index in [0.29, 0.717) is 0 Å². The number of ether oxygens (including phenoxy) is 1. The van der Waals surface area contributed by atoms with E-state index in [9.17, 15) is 0 Å². The van der Waals surface area contributed by atoms with Crippen LogP contribution in [0.2, 0.25) is 0 Å². The third kappa shape index (κ3) is 3.38. The molecule has 3 rings (SSSR count). The summed E-state index contributed by atoms with van der Waals surface area (Å²) < 4.78 is 5.29. The predicted octanol–water partition coefficient (Wildman–Crippen LogP) is 2.86. The van der Waals surface area contributed by atoms with E-state index >= 15 is 0 Å². The number of aryl methyl sites for hydroxylation is 1. The molecule has 6 nitrogen and oxygen atoms in total. The molecule has 3 aromatic rings. The second-order valence-corrected chi connectivity index (χ2v) is 6.15. The Morgan fingerprint density at radius 2 is 1.92 bits per heavy atom. The van der Waals surface area contributed by atoms with Crippen molar-refractivity contribution in [1.29, 1.82) is 0 Å². The lowest BCUT2D eigenvalue weighted by Gasteiger charge is -2.12. The number of pyridine rings is 1. The Hall–Kier alpha value is -2.47. The molecule has 0 bridgehead atoms. The molecule has 0 amide bonds. The molecule has 2 aromatic heterocycles.